The lowest BCUT2D eigenvalue weighted by Crippen LogP contribution is -2.13. The first-order chi connectivity index (χ1) is 15.7. The molecule has 0 saturated heterocycles. The van der Waals surface area contributed by atoms with Gasteiger partial charge in [0.2, 0.25) is 0 Å². The molecular formula is C30H41NO. The molecule has 0 spiro atoms. The highest BCUT2D eigenvalue weighted by atomic mass is 16.5. The van der Waals surface area contributed by atoms with Gasteiger partial charge in [-0.3, -0.25) is 0 Å². The van der Waals surface area contributed by atoms with E-state index >= 15 is 0 Å². The van der Waals surface area contributed by atoms with Crippen LogP contribution < -0.4 is 4.74 Å². The average molecular weight is 432 g/mol. The average Bonchev–Trinajstić information content (AvgIpc) is 2.84. The lowest BCUT2D eigenvalue weighted by atomic mass is 9.76. The van der Waals surface area contributed by atoms with E-state index in [0.717, 1.165) is 49.5 Å². The van der Waals surface area contributed by atoms with E-state index in [0.29, 0.717) is 5.92 Å². The second-order valence-corrected chi connectivity index (χ2v) is 9.59. The van der Waals surface area contributed by atoms with Crippen molar-refractivity contribution >= 4 is 0 Å². The Kier molecular flexibility index (Phi) is 10.1. The van der Waals surface area contributed by atoms with Gasteiger partial charge < -0.3 is 4.74 Å². The summed E-state index contributed by atoms with van der Waals surface area (Å²) in [6.45, 7) is 5.25. The minimum Gasteiger partial charge on any atom is -0.494 e. The smallest absolute Gasteiger partial charge is 0.119 e. The zero-order valence-corrected chi connectivity index (χ0v) is 20.2. The van der Waals surface area contributed by atoms with Crippen molar-refractivity contribution in [3.8, 4) is 11.8 Å². The van der Waals surface area contributed by atoms with Gasteiger partial charge in [0.05, 0.1) is 18.2 Å². The van der Waals surface area contributed by atoms with Crippen LogP contribution in [0.5, 0.6) is 5.75 Å². The number of benzene rings is 2. The van der Waals surface area contributed by atoms with Crippen LogP contribution in [-0.4, -0.2) is 6.61 Å². The van der Waals surface area contributed by atoms with E-state index in [2.05, 4.69) is 62.4 Å². The number of hydrogen-bond donors (Lipinski definition) is 0. The predicted molar refractivity (Wildman–Crippen MR) is 134 cm³/mol. The van der Waals surface area contributed by atoms with Gasteiger partial charge in [0, 0.05) is 0 Å². The second-order valence-electron chi connectivity index (χ2n) is 9.59. The normalized spacial score (nSPS) is 18.3. The van der Waals surface area contributed by atoms with Crippen molar-refractivity contribution < 1.29 is 4.74 Å². The molecule has 2 heteroatoms. The number of nitriles is 1. The molecule has 0 bridgehead atoms. The van der Waals surface area contributed by atoms with Crippen LogP contribution in [0.1, 0.15) is 106 Å². The van der Waals surface area contributed by atoms with Crippen LogP contribution in [0.4, 0.5) is 0 Å². The molecule has 2 aromatic carbocycles. The molecule has 0 amide bonds. The molecule has 2 aromatic rings. The summed E-state index contributed by atoms with van der Waals surface area (Å²) in [5, 5.41) is 9.77. The number of aryl methyl sites for hydroxylation is 2. The maximum atomic E-state index is 9.77. The number of hydrogen-bond acceptors (Lipinski definition) is 2. The number of nitrogens with zero attached hydrogens (tertiary/aromatic N) is 1. The van der Waals surface area contributed by atoms with Crippen molar-refractivity contribution in [1.29, 1.82) is 5.26 Å². The van der Waals surface area contributed by atoms with Gasteiger partial charge in [0.15, 0.2) is 0 Å². The zero-order valence-electron chi connectivity index (χ0n) is 20.2. The number of rotatable bonds is 12. The Labute approximate surface area is 196 Å². The van der Waals surface area contributed by atoms with Crippen LogP contribution in [0.2, 0.25) is 0 Å². The van der Waals surface area contributed by atoms with Crippen LogP contribution in [0.15, 0.2) is 42.5 Å². The number of ether oxygens (including phenoxy) is 1. The third kappa shape index (κ3) is 7.40. The molecule has 0 aliphatic heterocycles. The van der Waals surface area contributed by atoms with E-state index in [1.54, 1.807) is 0 Å². The van der Waals surface area contributed by atoms with Crippen LogP contribution in [0, 0.1) is 17.2 Å². The molecule has 172 valence electrons. The van der Waals surface area contributed by atoms with Crippen molar-refractivity contribution in [2.75, 3.05) is 6.61 Å². The fourth-order valence-corrected chi connectivity index (χ4v) is 5.00. The largest absolute Gasteiger partial charge is 0.494 e. The van der Waals surface area contributed by atoms with E-state index in [1.165, 1.54) is 68.1 Å². The third-order valence-electron chi connectivity index (χ3n) is 7.16. The SMILES string of the molecule is CCCCCC1CCC(c2ccc(CCc3ccc(OCCCC)cc3)c(C#N)c2)CC1. The molecule has 32 heavy (non-hydrogen) atoms. The van der Waals surface area contributed by atoms with Crippen molar-refractivity contribution in [3.63, 3.8) is 0 Å². The van der Waals surface area contributed by atoms with Crippen LogP contribution >= 0.6 is 0 Å². The Bertz CT molecular complexity index is 840. The minimum absolute atomic E-state index is 0.638. The molecule has 0 aromatic heterocycles. The molecule has 3 rings (SSSR count). The summed E-state index contributed by atoms with van der Waals surface area (Å²) in [4.78, 5) is 0. The zero-order chi connectivity index (χ0) is 22.6. The van der Waals surface area contributed by atoms with Gasteiger partial charge in [-0.25, -0.2) is 0 Å². The Morgan fingerprint density at radius 1 is 0.875 bits per heavy atom. The minimum atomic E-state index is 0.638. The van der Waals surface area contributed by atoms with E-state index in [4.69, 9.17) is 4.74 Å². The fourth-order valence-electron chi connectivity index (χ4n) is 5.00. The molecule has 1 fully saturated rings. The first-order valence-electron chi connectivity index (χ1n) is 13.0. The van der Waals surface area contributed by atoms with Crippen molar-refractivity contribution in [2.24, 2.45) is 5.92 Å². The van der Waals surface area contributed by atoms with Crippen LogP contribution in [0.25, 0.3) is 0 Å². The summed E-state index contributed by atoms with van der Waals surface area (Å²) < 4.78 is 5.76. The molecule has 0 radical (unpaired) electrons. The van der Waals surface area contributed by atoms with Gasteiger partial charge in [0.25, 0.3) is 0 Å². The Morgan fingerprint density at radius 3 is 2.31 bits per heavy atom. The molecule has 1 aliphatic carbocycles. The summed E-state index contributed by atoms with van der Waals surface area (Å²) in [7, 11) is 0. The Balaban J connectivity index is 1.52. The standard InChI is InChI=1S/C30H41NO/c1-3-5-7-8-24-9-14-26(15-10-24)28-18-17-27(29(22-28)23-31)16-11-25-12-19-30(20-13-25)32-21-6-4-2/h12-13,17-20,22,24,26H,3-11,14-16,21H2,1-2H3. The summed E-state index contributed by atoms with van der Waals surface area (Å²) >= 11 is 0. The summed E-state index contributed by atoms with van der Waals surface area (Å²) in [5.74, 6) is 2.51. The molecule has 0 atom stereocenters. The van der Waals surface area contributed by atoms with E-state index < -0.39 is 0 Å². The monoisotopic (exact) mass is 431 g/mol. The number of unbranched alkanes of at least 4 members (excludes halogenated alkanes) is 3. The summed E-state index contributed by atoms with van der Waals surface area (Å²) in [6.07, 6.45) is 14.9. The quantitative estimate of drug-likeness (QED) is 0.316. The molecule has 0 N–H and O–H groups in total. The van der Waals surface area contributed by atoms with E-state index in [1.807, 2.05) is 0 Å². The molecule has 0 unspecified atom stereocenters. The molecular weight excluding hydrogens is 390 g/mol. The highest BCUT2D eigenvalue weighted by molar-refractivity contribution is 5.42. The Morgan fingerprint density at radius 2 is 1.62 bits per heavy atom. The first kappa shape index (κ1) is 24.4. The molecule has 1 saturated carbocycles. The van der Waals surface area contributed by atoms with Gasteiger partial charge in [0.1, 0.15) is 5.75 Å². The maximum Gasteiger partial charge on any atom is 0.119 e. The van der Waals surface area contributed by atoms with Crippen molar-refractivity contribution in [2.45, 2.75) is 96.8 Å². The fraction of sp³-hybridized carbons (Fsp3) is 0.567. The lowest BCUT2D eigenvalue weighted by molar-refractivity contribution is 0.303. The molecule has 0 heterocycles. The van der Waals surface area contributed by atoms with E-state index in [9.17, 15) is 5.26 Å². The summed E-state index contributed by atoms with van der Waals surface area (Å²) in [6, 6.07) is 17.6. The highest BCUT2D eigenvalue weighted by Crippen LogP contribution is 2.38. The van der Waals surface area contributed by atoms with Gasteiger partial charge >= 0.3 is 0 Å². The van der Waals surface area contributed by atoms with Crippen molar-refractivity contribution in [1.82, 2.24) is 0 Å². The third-order valence-corrected chi connectivity index (χ3v) is 7.16. The van der Waals surface area contributed by atoms with Crippen molar-refractivity contribution in [3.05, 3.63) is 64.7 Å². The van der Waals surface area contributed by atoms with Gasteiger partial charge in [-0.05, 0) is 91.7 Å². The summed E-state index contributed by atoms with van der Waals surface area (Å²) in [5.41, 5.74) is 4.72. The van der Waals surface area contributed by atoms with E-state index in [-0.39, 0.29) is 0 Å². The predicted octanol–water partition coefficient (Wildman–Crippen LogP) is 8.38. The Hall–Kier alpha value is -2.27. The van der Waals surface area contributed by atoms with Crippen LogP contribution in [-0.2, 0) is 12.8 Å². The lowest BCUT2D eigenvalue weighted by Gasteiger charge is -2.29. The second kappa shape index (κ2) is 13.3. The maximum absolute atomic E-state index is 9.77. The van der Waals surface area contributed by atoms with Gasteiger partial charge in [-0.1, -0.05) is 70.2 Å². The van der Waals surface area contributed by atoms with Gasteiger partial charge in [-0.15, -0.1) is 0 Å². The molecule has 2 nitrogen and oxygen atoms in total. The van der Waals surface area contributed by atoms with Crippen LogP contribution in [0.3, 0.4) is 0 Å². The topological polar surface area (TPSA) is 33.0 Å². The molecule has 1 aliphatic rings. The highest BCUT2D eigenvalue weighted by Gasteiger charge is 2.22. The van der Waals surface area contributed by atoms with Gasteiger partial charge in [-0.2, -0.15) is 5.26 Å². The first-order valence-corrected chi connectivity index (χ1v) is 13.0.